The van der Waals surface area contributed by atoms with Crippen LogP contribution in [0.1, 0.15) is 42.5 Å². The van der Waals surface area contributed by atoms with Crippen LogP contribution in [-0.4, -0.2) is 29.7 Å². The zero-order chi connectivity index (χ0) is 16.0. The number of carbonyl (C=O) groups is 1. The van der Waals surface area contributed by atoms with Gasteiger partial charge < -0.3 is 0 Å². The molecule has 2 aromatic rings. The number of sulfone groups is 1. The molecule has 1 aromatic carbocycles. The Kier molecular flexibility index (Phi) is 3.48. The molecule has 0 spiro atoms. The Hall–Kier alpha value is -1.75. The molecule has 4 rings (SSSR count). The average molecular weight is 329 g/mol. The van der Waals surface area contributed by atoms with Crippen molar-refractivity contribution in [1.29, 1.82) is 0 Å². The molecule has 0 radical (unpaired) electrons. The third-order valence-electron chi connectivity index (χ3n) is 5.40. The van der Waals surface area contributed by atoms with Gasteiger partial charge in [-0.2, -0.15) is 0 Å². The molecule has 0 amide bonds. The van der Waals surface area contributed by atoms with Crippen molar-refractivity contribution in [2.75, 3.05) is 0 Å². The van der Waals surface area contributed by atoms with E-state index in [1.54, 1.807) is 12.4 Å². The van der Waals surface area contributed by atoms with Crippen molar-refractivity contribution in [2.24, 2.45) is 5.92 Å². The summed E-state index contributed by atoms with van der Waals surface area (Å²) in [6, 6.07) is 7.58. The molecule has 120 valence electrons. The summed E-state index contributed by atoms with van der Waals surface area (Å²) in [6.45, 7) is 0. The number of carbonyl (C=O) groups excluding carboxylic acids is 1. The topological polar surface area (TPSA) is 64.1 Å². The van der Waals surface area contributed by atoms with E-state index in [9.17, 15) is 13.2 Å². The van der Waals surface area contributed by atoms with Crippen LogP contribution in [0.25, 0.3) is 10.8 Å². The van der Waals surface area contributed by atoms with E-state index in [-0.39, 0.29) is 22.2 Å². The maximum absolute atomic E-state index is 13.0. The van der Waals surface area contributed by atoms with Crippen LogP contribution in [0.3, 0.4) is 0 Å². The van der Waals surface area contributed by atoms with Gasteiger partial charge in [-0.25, -0.2) is 8.42 Å². The minimum atomic E-state index is -3.02. The van der Waals surface area contributed by atoms with E-state index in [0.717, 1.165) is 17.2 Å². The number of aromatic nitrogens is 1. The average Bonchev–Trinajstić information content (AvgIpc) is 2.52. The highest BCUT2D eigenvalue weighted by Gasteiger charge is 2.46. The van der Waals surface area contributed by atoms with Gasteiger partial charge in [-0.3, -0.25) is 9.78 Å². The fourth-order valence-corrected chi connectivity index (χ4v) is 6.71. The zero-order valence-electron chi connectivity index (χ0n) is 12.8. The van der Waals surface area contributed by atoms with E-state index in [0.29, 0.717) is 31.2 Å². The maximum atomic E-state index is 13.0. The monoisotopic (exact) mass is 329 g/mol. The Bertz CT molecular complexity index is 849. The van der Waals surface area contributed by atoms with Crippen LogP contribution in [0.15, 0.2) is 36.7 Å². The van der Waals surface area contributed by atoms with E-state index < -0.39 is 9.84 Å². The summed E-state index contributed by atoms with van der Waals surface area (Å²) in [4.78, 5) is 17.2. The predicted molar refractivity (Wildman–Crippen MR) is 89.1 cm³/mol. The number of hydrogen-bond donors (Lipinski definition) is 0. The van der Waals surface area contributed by atoms with Gasteiger partial charge in [0, 0.05) is 29.3 Å². The van der Waals surface area contributed by atoms with Crippen molar-refractivity contribution in [1.82, 2.24) is 4.98 Å². The molecule has 2 atom stereocenters. The Morgan fingerprint density at radius 1 is 1.09 bits per heavy atom. The molecule has 0 N–H and O–H groups in total. The van der Waals surface area contributed by atoms with Gasteiger partial charge in [0.15, 0.2) is 15.6 Å². The Balaban J connectivity index is 1.70. The first kappa shape index (κ1) is 14.8. The van der Waals surface area contributed by atoms with Crippen LogP contribution < -0.4 is 0 Å². The molecule has 4 nitrogen and oxygen atoms in total. The van der Waals surface area contributed by atoms with Crippen LogP contribution in [0.5, 0.6) is 0 Å². The van der Waals surface area contributed by atoms with Gasteiger partial charge in [0.2, 0.25) is 0 Å². The van der Waals surface area contributed by atoms with Crippen molar-refractivity contribution in [3.05, 3.63) is 42.2 Å². The summed E-state index contributed by atoms with van der Waals surface area (Å²) in [7, 11) is -3.02. The van der Waals surface area contributed by atoms with Gasteiger partial charge in [0.25, 0.3) is 0 Å². The minimum Gasteiger partial charge on any atom is -0.294 e. The summed E-state index contributed by atoms with van der Waals surface area (Å²) in [5, 5.41) is 1.21. The Morgan fingerprint density at radius 3 is 2.57 bits per heavy atom. The molecule has 3 heterocycles. The standard InChI is InChI=1S/C18H19NO3S/c20-18(16-6-1-3-12-7-8-19-11-17(12)16)13-9-14-4-2-5-15(10-13)23(14,21)22/h1,3,6-8,11,13-15H,2,4-5,9-10H2. The predicted octanol–water partition coefficient (Wildman–Crippen LogP) is 3.16. The first-order chi connectivity index (χ1) is 11.1. The molecular formula is C18H19NO3S. The Labute approximate surface area is 135 Å². The highest BCUT2D eigenvalue weighted by atomic mass is 32.2. The molecule has 23 heavy (non-hydrogen) atoms. The summed E-state index contributed by atoms with van der Waals surface area (Å²) in [6.07, 6.45) is 6.78. The van der Waals surface area contributed by atoms with E-state index >= 15 is 0 Å². The molecule has 2 aliphatic rings. The van der Waals surface area contributed by atoms with Crippen LogP contribution in [0.2, 0.25) is 0 Å². The van der Waals surface area contributed by atoms with Gasteiger partial charge in [0.05, 0.1) is 10.5 Å². The number of fused-ring (bicyclic) bond motifs is 3. The second kappa shape index (κ2) is 5.41. The molecule has 2 unspecified atom stereocenters. The molecule has 0 aliphatic carbocycles. The number of benzene rings is 1. The SMILES string of the molecule is O=C(c1cccc2ccncc12)C1CC2CCCC(C1)S2(=O)=O. The van der Waals surface area contributed by atoms with Gasteiger partial charge in [-0.1, -0.05) is 24.6 Å². The quantitative estimate of drug-likeness (QED) is 0.794. The highest BCUT2D eigenvalue weighted by molar-refractivity contribution is 7.92. The molecule has 5 heteroatoms. The van der Waals surface area contributed by atoms with E-state index in [2.05, 4.69) is 4.98 Å². The number of nitrogens with zero attached hydrogens (tertiary/aromatic N) is 1. The van der Waals surface area contributed by atoms with Gasteiger partial charge in [-0.05, 0) is 37.1 Å². The fraction of sp³-hybridized carbons (Fsp3) is 0.444. The van der Waals surface area contributed by atoms with Crippen molar-refractivity contribution in [2.45, 2.75) is 42.6 Å². The highest BCUT2D eigenvalue weighted by Crippen LogP contribution is 2.40. The molecule has 2 fully saturated rings. The van der Waals surface area contributed by atoms with E-state index in [1.165, 1.54) is 0 Å². The summed E-state index contributed by atoms with van der Waals surface area (Å²) >= 11 is 0. The molecule has 0 saturated carbocycles. The third kappa shape index (κ3) is 2.38. The van der Waals surface area contributed by atoms with Crippen molar-refractivity contribution >= 4 is 26.4 Å². The molecular weight excluding hydrogens is 310 g/mol. The van der Waals surface area contributed by atoms with Crippen LogP contribution in [-0.2, 0) is 9.84 Å². The fourth-order valence-electron chi connectivity index (χ4n) is 4.17. The normalized spacial score (nSPS) is 29.3. The number of Topliss-reactive ketones (excluding diaryl/α,β-unsaturated/α-hetero) is 1. The Morgan fingerprint density at radius 2 is 1.83 bits per heavy atom. The molecule has 2 bridgehead atoms. The zero-order valence-corrected chi connectivity index (χ0v) is 13.6. The third-order valence-corrected chi connectivity index (χ3v) is 8.11. The molecule has 2 saturated heterocycles. The second-order valence-corrected chi connectivity index (χ2v) is 9.21. The van der Waals surface area contributed by atoms with Crippen molar-refractivity contribution < 1.29 is 13.2 Å². The van der Waals surface area contributed by atoms with Gasteiger partial charge >= 0.3 is 0 Å². The second-order valence-electron chi connectivity index (χ2n) is 6.70. The lowest BCUT2D eigenvalue weighted by Gasteiger charge is -2.38. The number of ketones is 1. The lowest BCUT2D eigenvalue weighted by atomic mass is 9.83. The smallest absolute Gasteiger partial charge is 0.166 e. The largest absolute Gasteiger partial charge is 0.294 e. The van der Waals surface area contributed by atoms with Crippen molar-refractivity contribution in [3.63, 3.8) is 0 Å². The van der Waals surface area contributed by atoms with E-state index in [1.807, 2.05) is 24.3 Å². The van der Waals surface area contributed by atoms with Gasteiger partial charge in [0.1, 0.15) is 0 Å². The number of pyridine rings is 1. The lowest BCUT2D eigenvalue weighted by molar-refractivity contribution is 0.0895. The first-order valence-electron chi connectivity index (χ1n) is 8.17. The maximum Gasteiger partial charge on any atom is 0.166 e. The number of rotatable bonds is 2. The summed E-state index contributed by atoms with van der Waals surface area (Å²) < 4.78 is 24.8. The minimum absolute atomic E-state index is 0.0791. The number of hydrogen-bond acceptors (Lipinski definition) is 4. The molecule has 1 aromatic heterocycles. The molecule has 2 aliphatic heterocycles. The summed E-state index contributed by atoms with van der Waals surface area (Å²) in [5.74, 6) is -0.102. The van der Waals surface area contributed by atoms with Gasteiger partial charge in [-0.15, -0.1) is 0 Å². The van der Waals surface area contributed by atoms with Crippen LogP contribution in [0.4, 0.5) is 0 Å². The summed E-state index contributed by atoms with van der Waals surface area (Å²) in [5.41, 5.74) is 0.679. The van der Waals surface area contributed by atoms with E-state index in [4.69, 9.17) is 0 Å². The first-order valence-corrected chi connectivity index (χ1v) is 9.78. The van der Waals surface area contributed by atoms with Crippen molar-refractivity contribution in [3.8, 4) is 0 Å². The van der Waals surface area contributed by atoms with Crippen LogP contribution >= 0.6 is 0 Å². The van der Waals surface area contributed by atoms with Crippen LogP contribution in [0, 0.1) is 5.92 Å². The lowest BCUT2D eigenvalue weighted by Crippen LogP contribution is -2.45.